The molecule has 2 heteroatoms. The largest absolute Gasteiger partial charge is 0.456 e. The molecule has 1 aromatic heterocycles. The third kappa shape index (κ3) is 3.11. The number of ether oxygens (including phenoxy) is 1. The van der Waals surface area contributed by atoms with Gasteiger partial charge >= 0.3 is 0 Å². The van der Waals surface area contributed by atoms with Gasteiger partial charge < -0.3 is 9.15 Å². The van der Waals surface area contributed by atoms with Crippen LogP contribution in [0.3, 0.4) is 0 Å². The Morgan fingerprint density at radius 3 is 1.95 bits per heavy atom. The molecule has 7 aromatic carbocycles. The summed E-state index contributed by atoms with van der Waals surface area (Å²) in [6.07, 6.45) is 0. The van der Waals surface area contributed by atoms with Crippen molar-refractivity contribution in [2.24, 2.45) is 0 Å². The van der Waals surface area contributed by atoms with E-state index in [1.807, 2.05) is 6.07 Å². The first-order valence-corrected chi connectivity index (χ1v) is 13.6. The molecule has 0 fully saturated rings. The number of furan rings is 1. The van der Waals surface area contributed by atoms with Crippen molar-refractivity contribution in [1.82, 2.24) is 0 Å². The molecular formula is C38H22O2. The van der Waals surface area contributed by atoms with Gasteiger partial charge in [-0.1, -0.05) is 97.1 Å². The van der Waals surface area contributed by atoms with Gasteiger partial charge in [-0.15, -0.1) is 0 Å². The van der Waals surface area contributed by atoms with Crippen LogP contribution < -0.4 is 4.74 Å². The van der Waals surface area contributed by atoms with Gasteiger partial charge in [-0.3, -0.25) is 0 Å². The molecule has 0 bridgehead atoms. The highest BCUT2D eigenvalue weighted by Gasteiger charge is 2.20. The third-order valence-electron chi connectivity index (χ3n) is 8.25. The van der Waals surface area contributed by atoms with Crippen LogP contribution in [0.1, 0.15) is 0 Å². The smallest absolute Gasteiger partial charge is 0.136 e. The maximum Gasteiger partial charge on any atom is 0.136 e. The Morgan fingerprint density at radius 2 is 1.07 bits per heavy atom. The van der Waals surface area contributed by atoms with Gasteiger partial charge in [0.1, 0.15) is 22.7 Å². The standard InChI is InChI=1S/C38H22O2/c1-2-7-27-22-36-32(21-26(27)6-1)38-29(10-5-13-35(38)40-36)24-16-14-23(15-17-24)28-18-19-33-31(20-28)30-11-3-8-25-9-4-12-34(39-33)37(25)30/h1-22H. The molecule has 40 heavy (non-hydrogen) atoms. The van der Waals surface area contributed by atoms with Gasteiger partial charge in [0.15, 0.2) is 0 Å². The van der Waals surface area contributed by atoms with Crippen LogP contribution >= 0.6 is 0 Å². The molecule has 1 aliphatic heterocycles. The maximum absolute atomic E-state index is 6.31. The summed E-state index contributed by atoms with van der Waals surface area (Å²) in [5.41, 5.74) is 8.88. The van der Waals surface area contributed by atoms with Gasteiger partial charge in [0.05, 0.1) is 0 Å². The van der Waals surface area contributed by atoms with E-state index in [1.54, 1.807) is 0 Å². The summed E-state index contributed by atoms with van der Waals surface area (Å²) in [6.45, 7) is 0. The molecule has 2 nitrogen and oxygen atoms in total. The number of benzene rings is 7. The summed E-state index contributed by atoms with van der Waals surface area (Å²) < 4.78 is 12.6. The lowest BCUT2D eigenvalue weighted by molar-refractivity contribution is 0.487. The van der Waals surface area contributed by atoms with E-state index in [9.17, 15) is 0 Å². The first-order chi connectivity index (χ1) is 19.8. The van der Waals surface area contributed by atoms with Gasteiger partial charge in [0.2, 0.25) is 0 Å². The monoisotopic (exact) mass is 510 g/mol. The van der Waals surface area contributed by atoms with Crippen LogP contribution in [0.5, 0.6) is 11.5 Å². The van der Waals surface area contributed by atoms with Crippen molar-refractivity contribution < 1.29 is 9.15 Å². The summed E-state index contributed by atoms with van der Waals surface area (Å²) in [7, 11) is 0. The van der Waals surface area contributed by atoms with E-state index in [-0.39, 0.29) is 0 Å². The second-order valence-electron chi connectivity index (χ2n) is 10.5. The topological polar surface area (TPSA) is 22.4 Å². The first-order valence-electron chi connectivity index (χ1n) is 13.6. The van der Waals surface area contributed by atoms with Gasteiger partial charge in [0, 0.05) is 21.7 Å². The quantitative estimate of drug-likeness (QED) is 0.231. The first kappa shape index (κ1) is 21.6. The van der Waals surface area contributed by atoms with Crippen LogP contribution in [0.4, 0.5) is 0 Å². The highest BCUT2D eigenvalue weighted by Crippen LogP contribution is 2.47. The molecule has 0 saturated heterocycles. The Bertz CT molecular complexity index is 2280. The van der Waals surface area contributed by atoms with Crippen LogP contribution in [-0.2, 0) is 0 Å². The molecule has 0 unspecified atom stereocenters. The summed E-state index contributed by atoms with van der Waals surface area (Å²) >= 11 is 0. The van der Waals surface area contributed by atoms with Crippen LogP contribution in [0.2, 0.25) is 0 Å². The molecule has 0 spiro atoms. The van der Waals surface area contributed by atoms with Crippen molar-refractivity contribution in [3.8, 4) is 44.9 Å². The van der Waals surface area contributed by atoms with E-state index in [0.717, 1.165) is 39.0 Å². The van der Waals surface area contributed by atoms with Crippen molar-refractivity contribution >= 4 is 43.5 Å². The van der Waals surface area contributed by atoms with Gasteiger partial charge in [-0.2, -0.15) is 0 Å². The molecule has 9 rings (SSSR count). The van der Waals surface area contributed by atoms with E-state index in [2.05, 4.69) is 127 Å². The molecular weight excluding hydrogens is 488 g/mol. The predicted molar refractivity (Wildman–Crippen MR) is 165 cm³/mol. The zero-order valence-electron chi connectivity index (χ0n) is 21.5. The minimum Gasteiger partial charge on any atom is -0.456 e. The molecule has 0 atom stereocenters. The Morgan fingerprint density at radius 1 is 0.375 bits per heavy atom. The summed E-state index contributed by atoms with van der Waals surface area (Å²) in [6, 6.07) is 47.3. The van der Waals surface area contributed by atoms with E-state index in [4.69, 9.17) is 9.15 Å². The maximum atomic E-state index is 6.31. The molecule has 186 valence electrons. The number of hydrogen-bond acceptors (Lipinski definition) is 2. The molecule has 8 aromatic rings. The van der Waals surface area contributed by atoms with Crippen LogP contribution in [-0.4, -0.2) is 0 Å². The molecule has 0 aliphatic carbocycles. The van der Waals surface area contributed by atoms with Crippen LogP contribution in [0.25, 0.3) is 76.9 Å². The fraction of sp³-hybridized carbons (Fsp3) is 0. The lowest BCUT2D eigenvalue weighted by Gasteiger charge is -2.22. The van der Waals surface area contributed by atoms with Crippen molar-refractivity contribution in [2.45, 2.75) is 0 Å². The Labute approximate surface area is 230 Å². The normalized spacial score (nSPS) is 12.2. The van der Waals surface area contributed by atoms with E-state index in [0.29, 0.717) is 0 Å². The second kappa shape index (κ2) is 8.08. The Kier molecular flexibility index (Phi) is 4.36. The van der Waals surface area contributed by atoms with Crippen molar-refractivity contribution in [3.63, 3.8) is 0 Å². The molecule has 1 aliphatic rings. The third-order valence-corrected chi connectivity index (χ3v) is 8.25. The SMILES string of the molecule is c1ccc2cc3c(cc2c1)oc1cccc(-c2ccc(-c4ccc5c(c4)-c4cccc6cccc(c46)O5)cc2)c13. The molecule has 0 N–H and O–H groups in total. The van der Waals surface area contributed by atoms with Gasteiger partial charge in [-0.25, -0.2) is 0 Å². The molecule has 0 radical (unpaired) electrons. The van der Waals surface area contributed by atoms with Crippen molar-refractivity contribution in [3.05, 3.63) is 133 Å². The Hall–Kier alpha value is -5.34. The van der Waals surface area contributed by atoms with Crippen LogP contribution in [0, 0.1) is 0 Å². The molecule has 0 amide bonds. The minimum atomic E-state index is 0.901. The summed E-state index contributed by atoms with van der Waals surface area (Å²) in [4.78, 5) is 0. The lowest BCUT2D eigenvalue weighted by atomic mass is 9.91. The minimum absolute atomic E-state index is 0.901. The number of fused-ring (bicyclic) bond motifs is 6. The molecule has 0 saturated carbocycles. The van der Waals surface area contributed by atoms with Crippen molar-refractivity contribution in [2.75, 3.05) is 0 Å². The van der Waals surface area contributed by atoms with Gasteiger partial charge in [0.25, 0.3) is 0 Å². The second-order valence-corrected chi connectivity index (χ2v) is 10.5. The van der Waals surface area contributed by atoms with Crippen LogP contribution in [0.15, 0.2) is 138 Å². The average molecular weight is 511 g/mol. The molecule has 2 heterocycles. The number of hydrogen-bond donors (Lipinski definition) is 0. The fourth-order valence-corrected chi connectivity index (χ4v) is 6.34. The van der Waals surface area contributed by atoms with Gasteiger partial charge in [-0.05, 0) is 80.4 Å². The highest BCUT2D eigenvalue weighted by molar-refractivity contribution is 6.15. The lowest BCUT2D eigenvalue weighted by Crippen LogP contribution is -1.97. The zero-order valence-corrected chi connectivity index (χ0v) is 21.5. The summed E-state index contributed by atoms with van der Waals surface area (Å²) in [5, 5.41) is 7.10. The van der Waals surface area contributed by atoms with E-state index >= 15 is 0 Å². The predicted octanol–water partition coefficient (Wildman–Crippen LogP) is 11.0. The zero-order chi connectivity index (χ0) is 26.2. The summed E-state index contributed by atoms with van der Waals surface area (Å²) in [5.74, 6) is 1.82. The Balaban J connectivity index is 1.15. The van der Waals surface area contributed by atoms with E-state index in [1.165, 1.54) is 49.4 Å². The average Bonchev–Trinajstić information content (AvgIpc) is 3.38. The highest BCUT2D eigenvalue weighted by atomic mass is 16.5. The fourth-order valence-electron chi connectivity index (χ4n) is 6.34. The van der Waals surface area contributed by atoms with E-state index < -0.39 is 0 Å². The van der Waals surface area contributed by atoms with Crippen molar-refractivity contribution in [1.29, 1.82) is 0 Å². The number of rotatable bonds is 2.